The fourth-order valence-corrected chi connectivity index (χ4v) is 2.46. The number of rotatable bonds is 5. The van der Waals surface area contributed by atoms with Crippen molar-refractivity contribution < 1.29 is 9.59 Å². The van der Waals surface area contributed by atoms with Crippen LogP contribution in [0.4, 0.5) is 5.69 Å². The lowest BCUT2D eigenvalue weighted by atomic mass is 10.1. The highest BCUT2D eigenvalue weighted by atomic mass is 35.5. The molecule has 0 unspecified atom stereocenters. The Hall–Kier alpha value is -3.18. The van der Waals surface area contributed by atoms with Gasteiger partial charge in [-0.3, -0.25) is 9.59 Å². The van der Waals surface area contributed by atoms with Crippen LogP contribution in [0.25, 0.3) is 6.08 Å². The van der Waals surface area contributed by atoms with Crippen LogP contribution in [0.5, 0.6) is 0 Å². The fourth-order valence-electron chi connectivity index (χ4n) is 2.33. The van der Waals surface area contributed by atoms with Crippen LogP contribution in [0.1, 0.15) is 26.5 Å². The van der Waals surface area contributed by atoms with E-state index in [2.05, 4.69) is 10.3 Å². The van der Waals surface area contributed by atoms with Crippen molar-refractivity contribution in [3.63, 3.8) is 0 Å². The van der Waals surface area contributed by atoms with Crippen molar-refractivity contribution in [1.29, 1.82) is 0 Å². The third-order valence-corrected chi connectivity index (χ3v) is 4.00. The van der Waals surface area contributed by atoms with Crippen LogP contribution in [0.15, 0.2) is 67.0 Å². The van der Waals surface area contributed by atoms with Gasteiger partial charge in [-0.15, -0.1) is 0 Å². The average Bonchev–Trinajstić information content (AvgIpc) is 3.08. The van der Waals surface area contributed by atoms with Crippen LogP contribution in [-0.4, -0.2) is 21.2 Å². The summed E-state index contributed by atoms with van der Waals surface area (Å²) in [5.74, 6) is -0.0193. The number of hydrogen-bond donors (Lipinski definition) is 1. The molecule has 130 valence electrons. The zero-order chi connectivity index (χ0) is 18.5. The van der Waals surface area contributed by atoms with E-state index in [9.17, 15) is 9.59 Å². The van der Waals surface area contributed by atoms with Gasteiger partial charge < -0.3 is 9.88 Å². The van der Waals surface area contributed by atoms with Crippen LogP contribution in [0.2, 0.25) is 5.02 Å². The van der Waals surface area contributed by atoms with Gasteiger partial charge in [0.05, 0.1) is 0 Å². The Kier molecular flexibility index (Phi) is 5.29. The van der Waals surface area contributed by atoms with Gasteiger partial charge in [0.15, 0.2) is 5.82 Å². The van der Waals surface area contributed by atoms with Crippen molar-refractivity contribution in [3.8, 4) is 0 Å². The first-order valence-corrected chi connectivity index (χ1v) is 8.27. The molecule has 2 aromatic carbocycles. The quantitative estimate of drug-likeness (QED) is 0.543. The Morgan fingerprint density at radius 1 is 1.08 bits per heavy atom. The molecule has 0 radical (unpaired) electrons. The highest BCUT2D eigenvalue weighted by Gasteiger charge is 2.08. The Balaban J connectivity index is 1.65. The summed E-state index contributed by atoms with van der Waals surface area (Å²) in [5.41, 5.74) is 2.01. The van der Waals surface area contributed by atoms with Gasteiger partial charge in [-0.25, -0.2) is 4.98 Å². The summed E-state index contributed by atoms with van der Waals surface area (Å²) >= 11 is 5.83. The van der Waals surface area contributed by atoms with E-state index in [4.69, 9.17) is 11.6 Å². The molecular weight excluding hydrogens is 350 g/mol. The van der Waals surface area contributed by atoms with E-state index in [-0.39, 0.29) is 11.7 Å². The number of halogens is 1. The maximum Gasteiger partial charge on any atom is 0.255 e. The summed E-state index contributed by atoms with van der Waals surface area (Å²) in [6, 6.07) is 13.9. The molecular formula is C20H16ClN3O2. The molecule has 5 nitrogen and oxygen atoms in total. The van der Waals surface area contributed by atoms with Gasteiger partial charge >= 0.3 is 0 Å². The maximum atomic E-state index is 12.2. The van der Waals surface area contributed by atoms with Gasteiger partial charge in [-0.2, -0.15) is 0 Å². The molecule has 0 aliphatic rings. The first-order valence-electron chi connectivity index (χ1n) is 7.89. The standard InChI is InChI=1S/C20H16ClN3O2/c1-24-13-12-22-19(24)18(25)11-4-14-2-5-15(6-3-14)20(26)23-17-9-7-16(21)8-10-17/h2-13H,1H3,(H,23,26)/b11-4+. The molecule has 1 heterocycles. The molecule has 6 heteroatoms. The van der Waals surface area contributed by atoms with E-state index in [0.717, 1.165) is 5.56 Å². The number of imidazole rings is 1. The zero-order valence-electron chi connectivity index (χ0n) is 14.0. The predicted molar refractivity (Wildman–Crippen MR) is 102 cm³/mol. The van der Waals surface area contributed by atoms with Gasteiger partial charge in [-0.05, 0) is 48.0 Å². The van der Waals surface area contributed by atoms with E-state index in [1.165, 1.54) is 6.08 Å². The summed E-state index contributed by atoms with van der Waals surface area (Å²) < 4.78 is 1.66. The molecule has 3 aromatic rings. The second-order valence-corrected chi connectivity index (χ2v) is 6.08. The van der Waals surface area contributed by atoms with Crippen molar-refractivity contribution in [1.82, 2.24) is 9.55 Å². The minimum atomic E-state index is -0.216. The van der Waals surface area contributed by atoms with Crippen LogP contribution in [0.3, 0.4) is 0 Å². The minimum absolute atomic E-state index is 0.179. The number of aromatic nitrogens is 2. The largest absolute Gasteiger partial charge is 0.331 e. The first-order chi connectivity index (χ1) is 12.5. The first kappa shape index (κ1) is 17.6. The Morgan fingerprint density at radius 3 is 2.38 bits per heavy atom. The van der Waals surface area contributed by atoms with Crippen LogP contribution >= 0.6 is 11.6 Å². The van der Waals surface area contributed by atoms with Gasteiger partial charge in [-0.1, -0.05) is 29.8 Å². The number of carbonyl (C=O) groups excluding carboxylic acids is 2. The molecule has 3 rings (SSSR count). The number of anilines is 1. The monoisotopic (exact) mass is 365 g/mol. The number of hydrogen-bond acceptors (Lipinski definition) is 3. The Morgan fingerprint density at radius 2 is 1.77 bits per heavy atom. The lowest BCUT2D eigenvalue weighted by Gasteiger charge is -2.05. The third-order valence-electron chi connectivity index (χ3n) is 3.74. The number of allylic oxidation sites excluding steroid dienone is 1. The number of nitrogens with one attached hydrogen (secondary N) is 1. The molecule has 0 saturated carbocycles. The molecule has 0 saturated heterocycles. The molecule has 26 heavy (non-hydrogen) atoms. The topological polar surface area (TPSA) is 64.0 Å². The summed E-state index contributed by atoms with van der Waals surface area (Å²) in [6.07, 6.45) is 6.45. The molecule has 0 bridgehead atoms. The maximum absolute atomic E-state index is 12.2. The molecule has 0 fully saturated rings. The van der Waals surface area contributed by atoms with Crippen LogP contribution in [-0.2, 0) is 7.05 Å². The molecule has 1 amide bonds. The summed E-state index contributed by atoms with van der Waals surface area (Å²) in [6.45, 7) is 0. The summed E-state index contributed by atoms with van der Waals surface area (Å²) in [4.78, 5) is 28.3. The zero-order valence-corrected chi connectivity index (χ0v) is 14.8. The van der Waals surface area contributed by atoms with E-state index >= 15 is 0 Å². The van der Waals surface area contributed by atoms with Gasteiger partial charge in [0.2, 0.25) is 5.78 Å². The number of carbonyl (C=O) groups is 2. The molecule has 1 aromatic heterocycles. The van der Waals surface area contributed by atoms with Gasteiger partial charge in [0.1, 0.15) is 0 Å². The molecule has 0 spiro atoms. The van der Waals surface area contributed by atoms with Crippen molar-refractivity contribution >= 4 is 35.1 Å². The number of amides is 1. The van der Waals surface area contributed by atoms with E-state index < -0.39 is 0 Å². The third kappa shape index (κ3) is 4.26. The number of benzene rings is 2. The summed E-state index contributed by atoms with van der Waals surface area (Å²) in [7, 11) is 1.77. The van der Waals surface area contributed by atoms with Crippen LogP contribution in [0, 0.1) is 0 Å². The lowest BCUT2D eigenvalue weighted by Crippen LogP contribution is -2.11. The normalized spacial score (nSPS) is 10.8. The number of ketones is 1. The molecule has 0 aliphatic carbocycles. The Labute approximate surface area is 155 Å². The second-order valence-electron chi connectivity index (χ2n) is 5.64. The second kappa shape index (κ2) is 7.80. The van der Waals surface area contributed by atoms with Crippen LogP contribution < -0.4 is 5.32 Å². The fraction of sp³-hybridized carbons (Fsp3) is 0.0500. The highest BCUT2D eigenvalue weighted by Crippen LogP contribution is 2.15. The van der Waals surface area contributed by atoms with Gasteiger partial charge in [0, 0.05) is 35.7 Å². The lowest BCUT2D eigenvalue weighted by molar-refractivity contribution is 0.102. The van der Waals surface area contributed by atoms with Crippen molar-refractivity contribution in [2.75, 3.05) is 5.32 Å². The summed E-state index contributed by atoms with van der Waals surface area (Å²) in [5, 5.41) is 3.41. The highest BCUT2D eigenvalue weighted by molar-refractivity contribution is 6.30. The Bertz CT molecular complexity index is 957. The molecule has 0 atom stereocenters. The SMILES string of the molecule is Cn1ccnc1C(=O)/C=C/c1ccc(C(=O)Nc2ccc(Cl)cc2)cc1. The molecule has 0 aliphatic heterocycles. The number of nitrogens with zero attached hydrogens (tertiary/aromatic N) is 2. The predicted octanol–water partition coefficient (Wildman–Crippen LogP) is 4.22. The van der Waals surface area contributed by atoms with Crippen molar-refractivity contribution in [2.24, 2.45) is 7.05 Å². The number of aryl methyl sites for hydroxylation is 1. The minimum Gasteiger partial charge on any atom is -0.331 e. The smallest absolute Gasteiger partial charge is 0.255 e. The van der Waals surface area contributed by atoms with E-state index in [1.807, 2.05) is 0 Å². The van der Waals surface area contributed by atoms with Crippen molar-refractivity contribution in [3.05, 3.63) is 89.0 Å². The molecule has 1 N–H and O–H groups in total. The van der Waals surface area contributed by atoms with E-state index in [1.54, 1.807) is 78.6 Å². The average molecular weight is 366 g/mol. The van der Waals surface area contributed by atoms with Gasteiger partial charge in [0.25, 0.3) is 5.91 Å². The van der Waals surface area contributed by atoms with E-state index in [0.29, 0.717) is 22.1 Å². The van der Waals surface area contributed by atoms with Crippen molar-refractivity contribution in [2.45, 2.75) is 0 Å².